The highest BCUT2D eigenvalue weighted by Crippen LogP contribution is 2.22. The monoisotopic (exact) mass is 277 g/mol. The molecule has 0 aromatic rings. The van der Waals surface area contributed by atoms with Gasteiger partial charge in [-0.25, -0.2) is 0 Å². The molecule has 0 rings (SSSR count). The molecule has 17 heavy (non-hydrogen) atoms. The maximum atomic E-state index is 5.43. The molecule has 1 nitrogen and oxygen atoms in total. The Morgan fingerprint density at radius 1 is 0.647 bits per heavy atom. The van der Waals surface area contributed by atoms with Crippen LogP contribution in [0, 0.1) is 0 Å². The first-order valence-electron chi connectivity index (χ1n) is 7.36. The van der Waals surface area contributed by atoms with Crippen molar-refractivity contribution in [2.45, 2.75) is 71.1 Å². The van der Waals surface area contributed by atoms with Crippen molar-refractivity contribution in [1.29, 1.82) is 0 Å². The highest BCUT2D eigenvalue weighted by Gasteiger charge is 1.93. The summed E-state index contributed by atoms with van der Waals surface area (Å²) >= 11 is 0. The van der Waals surface area contributed by atoms with Gasteiger partial charge >= 0.3 is 0 Å². The normalized spacial score (nSPS) is 10.9. The molecule has 0 aromatic carbocycles. The Kier molecular flexibility index (Phi) is 17.3. The van der Waals surface area contributed by atoms with Crippen molar-refractivity contribution in [2.75, 3.05) is 18.1 Å². The molecule has 0 fully saturated rings. The van der Waals surface area contributed by atoms with Crippen molar-refractivity contribution < 1.29 is 0 Å². The first-order chi connectivity index (χ1) is 8.41. The topological polar surface area (TPSA) is 26.0 Å². The van der Waals surface area contributed by atoms with Gasteiger partial charge in [-0.15, -0.1) is 0 Å². The van der Waals surface area contributed by atoms with Gasteiger partial charge in [-0.1, -0.05) is 86.3 Å². The van der Waals surface area contributed by atoms with Crippen LogP contribution in [0.15, 0.2) is 0 Å². The van der Waals surface area contributed by atoms with E-state index in [-0.39, 0.29) is 0 Å². The molecule has 3 heteroatoms. The first kappa shape index (κ1) is 17.7. The van der Waals surface area contributed by atoms with Crippen molar-refractivity contribution in [2.24, 2.45) is 5.73 Å². The predicted molar refractivity (Wildman–Crippen MR) is 85.8 cm³/mol. The third-order valence-corrected chi connectivity index (χ3v) is 5.39. The second-order valence-electron chi connectivity index (χ2n) is 4.61. The van der Waals surface area contributed by atoms with E-state index in [0.29, 0.717) is 0 Å². The average molecular weight is 278 g/mol. The Hall–Kier alpha value is 0.660. The van der Waals surface area contributed by atoms with E-state index in [4.69, 9.17) is 5.73 Å². The van der Waals surface area contributed by atoms with Crippen molar-refractivity contribution in [3.63, 3.8) is 0 Å². The Bertz CT molecular complexity index is 117. The minimum atomic E-state index is 0.815. The molecule has 0 bridgehead atoms. The van der Waals surface area contributed by atoms with Crippen LogP contribution in [0.4, 0.5) is 0 Å². The Morgan fingerprint density at radius 2 is 1.12 bits per heavy atom. The molecule has 0 saturated carbocycles. The molecule has 0 amide bonds. The van der Waals surface area contributed by atoms with Gasteiger partial charge in [-0.2, -0.15) is 0 Å². The Balaban J connectivity index is 2.85. The Morgan fingerprint density at radius 3 is 1.65 bits per heavy atom. The molecular formula is C14H31NS2. The maximum absolute atomic E-state index is 5.43. The van der Waals surface area contributed by atoms with E-state index in [2.05, 4.69) is 6.92 Å². The third-order valence-electron chi connectivity index (χ3n) is 2.87. The molecule has 0 aromatic heterocycles. The SMILES string of the molecule is CCCCCCCCCCCCSSCCN. The first-order valence-corrected chi connectivity index (χ1v) is 9.85. The van der Waals surface area contributed by atoms with Crippen LogP contribution in [0.25, 0.3) is 0 Å². The number of hydrogen-bond donors (Lipinski definition) is 1. The molecule has 0 heterocycles. The zero-order valence-corrected chi connectivity index (χ0v) is 13.2. The fourth-order valence-electron chi connectivity index (χ4n) is 1.81. The second-order valence-corrected chi connectivity index (χ2v) is 7.32. The van der Waals surface area contributed by atoms with Gasteiger partial charge in [0, 0.05) is 18.1 Å². The summed E-state index contributed by atoms with van der Waals surface area (Å²) in [6, 6.07) is 0. The minimum absolute atomic E-state index is 0.815. The van der Waals surface area contributed by atoms with Crippen molar-refractivity contribution in [3.8, 4) is 0 Å². The van der Waals surface area contributed by atoms with Crippen molar-refractivity contribution in [3.05, 3.63) is 0 Å². The second kappa shape index (κ2) is 16.7. The van der Waals surface area contributed by atoms with E-state index in [1.165, 1.54) is 70.0 Å². The van der Waals surface area contributed by atoms with E-state index < -0.39 is 0 Å². The largest absolute Gasteiger partial charge is 0.330 e. The molecule has 0 aliphatic rings. The van der Waals surface area contributed by atoms with E-state index in [0.717, 1.165) is 12.3 Å². The summed E-state index contributed by atoms with van der Waals surface area (Å²) in [5, 5.41) is 0. The summed E-state index contributed by atoms with van der Waals surface area (Å²) in [5.41, 5.74) is 5.43. The third kappa shape index (κ3) is 16.7. The number of rotatable bonds is 14. The van der Waals surface area contributed by atoms with Crippen LogP contribution in [0.2, 0.25) is 0 Å². The summed E-state index contributed by atoms with van der Waals surface area (Å²) in [6.45, 7) is 3.10. The zero-order valence-electron chi connectivity index (χ0n) is 11.6. The molecule has 0 saturated heterocycles. The van der Waals surface area contributed by atoms with Crippen LogP contribution >= 0.6 is 21.6 Å². The lowest BCUT2D eigenvalue weighted by atomic mass is 10.1. The molecular weight excluding hydrogens is 246 g/mol. The van der Waals surface area contributed by atoms with Crippen LogP contribution in [-0.2, 0) is 0 Å². The van der Waals surface area contributed by atoms with Gasteiger partial charge in [0.05, 0.1) is 0 Å². The van der Waals surface area contributed by atoms with Gasteiger partial charge in [0.2, 0.25) is 0 Å². The smallest absolute Gasteiger partial charge is 0.0160 e. The zero-order chi connectivity index (χ0) is 12.6. The predicted octanol–water partition coefficient (Wildman–Crippen LogP) is 5.25. The van der Waals surface area contributed by atoms with E-state index >= 15 is 0 Å². The van der Waals surface area contributed by atoms with E-state index in [9.17, 15) is 0 Å². The van der Waals surface area contributed by atoms with Crippen LogP contribution in [0.1, 0.15) is 71.1 Å². The quantitative estimate of drug-likeness (QED) is 0.347. The molecule has 0 spiro atoms. The number of nitrogens with two attached hydrogens (primary N) is 1. The van der Waals surface area contributed by atoms with Gasteiger partial charge in [-0.3, -0.25) is 0 Å². The van der Waals surface area contributed by atoms with Crippen molar-refractivity contribution in [1.82, 2.24) is 0 Å². The van der Waals surface area contributed by atoms with Crippen molar-refractivity contribution >= 4 is 21.6 Å². The summed E-state index contributed by atoms with van der Waals surface area (Å²) in [7, 11) is 3.92. The lowest BCUT2D eigenvalue weighted by Gasteiger charge is -2.02. The molecule has 2 N–H and O–H groups in total. The number of hydrogen-bond acceptors (Lipinski definition) is 3. The van der Waals surface area contributed by atoms with Gasteiger partial charge < -0.3 is 5.73 Å². The van der Waals surface area contributed by atoms with Gasteiger partial charge in [0.25, 0.3) is 0 Å². The molecule has 0 unspecified atom stereocenters. The van der Waals surface area contributed by atoms with Crippen LogP contribution in [0.3, 0.4) is 0 Å². The van der Waals surface area contributed by atoms with Gasteiger partial charge in [-0.05, 0) is 6.42 Å². The summed E-state index contributed by atoms with van der Waals surface area (Å²) < 4.78 is 0. The van der Waals surface area contributed by atoms with E-state index in [1.807, 2.05) is 21.6 Å². The summed E-state index contributed by atoms with van der Waals surface area (Å²) in [4.78, 5) is 0. The van der Waals surface area contributed by atoms with Gasteiger partial charge in [0.15, 0.2) is 0 Å². The van der Waals surface area contributed by atoms with E-state index in [1.54, 1.807) is 0 Å². The minimum Gasteiger partial charge on any atom is -0.330 e. The highest BCUT2D eigenvalue weighted by atomic mass is 33.1. The standard InChI is InChI=1S/C14H31NS2/c1-2-3-4-5-6-7-8-9-10-11-13-16-17-14-12-15/h2-15H2,1H3. The lowest BCUT2D eigenvalue weighted by Crippen LogP contribution is -1.99. The Labute approximate surface area is 116 Å². The molecule has 0 aliphatic heterocycles. The number of unbranched alkanes of at least 4 members (excludes halogenated alkanes) is 9. The summed E-state index contributed by atoms with van der Waals surface area (Å²) in [5.74, 6) is 2.41. The average Bonchev–Trinajstić information content (AvgIpc) is 2.35. The molecule has 0 atom stereocenters. The molecule has 0 radical (unpaired) electrons. The van der Waals surface area contributed by atoms with Crippen LogP contribution in [0.5, 0.6) is 0 Å². The van der Waals surface area contributed by atoms with Crippen LogP contribution < -0.4 is 5.73 Å². The lowest BCUT2D eigenvalue weighted by molar-refractivity contribution is 0.563. The van der Waals surface area contributed by atoms with Gasteiger partial charge in [0.1, 0.15) is 0 Å². The molecule has 104 valence electrons. The van der Waals surface area contributed by atoms with Crippen LogP contribution in [-0.4, -0.2) is 18.1 Å². The molecule has 0 aliphatic carbocycles. The fourth-order valence-corrected chi connectivity index (χ4v) is 3.82. The summed E-state index contributed by atoms with van der Waals surface area (Å²) in [6.07, 6.45) is 14.3. The fraction of sp³-hybridized carbons (Fsp3) is 1.00. The maximum Gasteiger partial charge on any atom is 0.0160 e. The highest BCUT2D eigenvalue weighted by molar-refractivity contribution is 8.76.